The summed E-state index contributed by atoms with van der Waals surface area (Å²) in [6.45, 7) is 8.22. The molecule has 0 aliphatic carbocycles. The molecule has 1 aromatic carbocycles. The molecule has 0 saturated carbocycles. The molecule has 2 N–H and O–H groups in total. The number of H-pyrrole nitrogens is 1. The Morgan fingerprint density at radius 2 is 1.98 bits per heavy atom. The molecule has 3 aliphatic heterocycles. The third-order valence-corrected chi connectivity index (χ3v) is 9.35. The van der Waals surface area contributed by atoms with Crippen LogP contribution in [-0.4, -0.2) is 85.3 Å². The van der Waals surface area contributed by atoms with E-state index in [9.17, 15) is 9.50 Å². The molecule has 0 amide bonds. The molecule has 216 valence electrons. The van der Waals surface area contributed by atoms with E-state index in [4.69, 9.17) is 9.72 Å². The summed E-state index contributed by atoms with van der Waals surface area (Å²) in [5.41, 5.74) is 2.36. The maximum atomic E-state index is 16.6. The van der Waals surface area contributed by atoms with Crippen molar-refractivity contribution in [3.05, 3.63) is 35.4 Å². The van der Waals surface area contributed by atoms with Crippen LogP contribution in [0.2, 0.25) is 0 Å². The second kappa shape index (κ2) is 9.55. The normalized spacial score (nSPS) is 26.8. The van der Waals surface area contributed by atoms with Crippen molar-refractivity contribution in [1.29, 1.82) is 0 Å². The largest absolute Gasteiger partial charge is 0.461 e. The van der Waals surface area contributed by atoms with Crippen LogP contribution in [-0.2, 0) is 0 Å². The van der Waals surface area contributed by atoms with Crippen molar-refractivity contribution in [2.24, 2.45) is 0 Å². The standard InChI is InChI=1S/C30H35F2N7O2/c1-17-10-22-20(13-34-37-22)23(18(17)2)26-24(32)25-21(12-33-26)27(38-8-4-6-29(3,40)15-38)36-28(35-25)41-16-30-7-5-9-39(30)14-19(31)11-30/h10,12-13,19,40H,4-9,11,14-16H2,1-3H3,(H,34,37)/t19-,29?,30+/m1/s1. The van der Waals surface area contributed by atoms with Gasteiger partial charge in [0.1, 0.15) is 29.8 Å². The minimum Gasteiger partial charge on any atom is -0.461 e. The zero-order valence-corrected chi connectivity index (χ0v) is 23.7. The van der Waals surface area contributed by atoms with Crippen LogP contribution in [0, 0.1) is 19.7 Å². The Kier molecular flexibility index (Phi) is 6.17. The monoisotopic (exact) mass is 563 g/mol. The Balaban J connectivity index is 1.36. The van der Waals surface area contributed by atoms with E-state index >= 15 is 4.39 Å². The van der Waals surface area contributed by atoms with Crippen LogP contribution in [0.25, 0.3) is 33.1 Å². The fourth-order valence-corrected chi connectivity index (χ4v) is 7.18. The average Bonchev–Trinajstić information content (AvgIpc) is 3.62. The van der Waals surface area contributed by atoms with Gasteiger partial charge in [-0.25, -0.2) is 8.78 Å². The number of ether oxygens (including phenoxy) is 1. The molecule has 1 unspecified atom stereocenters. The Morgan fingerprint density at radius 1 is 1.15 bits per heavy atom. The lowest BCUT2D eigenvalue weighted by Crippen LogP contribution is -2.46. The first-order valence-electron chi connectivity index (χ1n) is 14.4. The van der Waals surface area contributed by atoms with Crippen molar-refractivity contribution in [3.63, 3.8) is 0 Å². The first-order chi connectivity index (χ1) is 19.6. The Hall–Kier alpha value is -3.44. The lowest BCUT2D eigenvalue weighted by molar-refractivity contribution is 0.0447. The summed E-state index contributed by atoms with van der Waals surface area (Å²) in [4.78, 5) is 18.1. The molecule has 0 spiro atoms. The van der Waals surface area contributed by atoms with E-state index in [1.54, 1.807) is 19.3 Å². The van der Waals surface area contributed by atoms with Gasteiger partial charge in [-0.15, -0.1) is 0 Å². The molecule has 3 fully saturated rings. The third kappa shape index (κ3) is 4.41. The molecule has 3 atom stereocenters. The number of nitrogens with one attached hydrogen (secondary N) is 1. The van der Waals surface area contributed by atoms with Crippen LogP contribution in [0.4, 0.5) is 14.6 Å². The van der Waals surface area contributed by atoms with E-state index in [1.807, 2.05) is 24.8 Å². The van der Waals surface area contributed by atoms with Crippen molar-refractivity contribution in [3.8, 4) is 17.3 Å². The maximum absolute atomic E-state index is 16.6. The lowest BCUT2D eigenvalue weighted by Gasteiger charge is -2.38. The summed E-state index contributed by atoms with van der Waals surface area (Å²) in [5.74, 6) is -0.0887. The van der Waals surface area contributed by atoms with E-state index in [0.717, 1.165) is 47.8 Å². The van der Waals surface area contributed by atoms with Gasteiger partial charge in [0, 0.05) is 43.2 Å². The van der Waals surface area contributed by atoms with Crippen LogP contribution in [0.3, 0.4) is 0 Å². The van der Waals surface area contributed by atoms with E-state index in [1.165, 1.54) is 0 Å². The van der Waals surface area contributed by atoms with Crippen molar-refractivity contribution in [1.82, 2.24) is 30.0 Å². The number of β-amino-alcohol motifs (C(OH)–C–C–N with tert-alkyl or cyclic N) is 1. The SMILES string of the molecule is Cc1cc2[nH]ncc2c(-c2ncc3c(N4CCCC(C)(O)C4)nc(OC[C@@]45CCCN4C[C@H](F)C5)nc3c2F)c1C. The topological polar surface area (TPSA) is 103 Å². The molecule has 3 saturated heterocycles. The first-order valence-corrected chi connectivity index (χ1v) is 14.4. The van der Waals surface area contributed by atoms with Gasteiger partial charge in [0.2, 0.25) is 0 Å². The van der Waals surface area contributed by atoms with Gasteiger partial charge in [-0.1, -0.05) is 0 Å². The molecule has 7 rings (SSSR count). The fraction of sp³-hybridized carbons (Fsp3) is 0.533. The smallest absolute Gasteiger partial charge is 0.319 e. The van der Waals surface area contributed by atoms with Gasteiger partial charge in [-0.05, 0) is 70.2 Å². The minimum atomic E-state index is -0.905. The number of benzene rings is 1. The Morgan fingerprint density at radius 3 is 2.80 bits per heavy atom. The van der Waals surface area contributed by atoms with Crippen molar-refractivity contribution in [2.45, 2.75) is 70.2 Å². The number of pyridine rings is 1. The molecular weight excluding hydrogens is 528 g/mol. The highest BCUT2D eigenvalue weighted by Crippen LogP contribution is 2.41. The van der Waals surface area contributed by atoms with Crippen molar-refractivity contribution >= 4 is 27.6 Å². The van der Waals surface area contributed by atoms with Gasteiger partial charge < -0.3 is 14.7 Å². The van der Waals surface area contributed by atoms with E-state index in [-0.39, 0.29) is 29.4 Å². The number of alkyl halides is 1. The van der Waals surface area contributed by atoms with Crippen LogP contribution < -0.4 is 9.64 Å². The number of nitrogens with zero attached hydrogens (tertiary/aromatic N) is 6. The predicted octanol–water partition coefficient (Wildman–Crippen LogP) is 4.63. The number of fused-ring (bicyclic) bond motifs is 3. The van der Waals surface area contributed by atoms with Gasteiger partial charge in [0.15, 0.2) is 5.82 Å². The highest BCUT2D eigenvalue weighted by molar-refractivity contribution is 5.99. The number of hydrogen-bond donors (Lipinski definition) is 2. The summed E-state index contributed by atoms with van der Waals surface area (Å²) < 4.78 is 37.2. The second-order valence-corrected chi connectivity index (χ2v) is 12.4. The van der Waals surface area contributed by atoms with Gasteiger partial charge in [0.05, 0.1) is 28.2 Å². The Bertz CT molecular complexity index is 1660. The van der Waals surface area contributed by atoms with Gasteiger partial charge >= 0.3 is 6.01 Å². The van der Waals surface area contributed by atoms with Gasteiger partial charge in [0.25, 0.3) is 0 Å². The summed E-state index contributed by atoms with van der Waals surface area (Å²) in [6.07, 6.45) is 6.10. The molecule has 0 radical (unpaired) electrons. The quantitative estimate of drug-likeness (QED) is 0.362. The number of aryl methyl sites for hydroxylation is 1. The van der Waals surface area contributed by atoms with E-state index in [0.29, 0.717) is 49.2 Å². The Labute approximate surface area is 236 Å². The van der Waals surface area contributed by atoms with Crippen LogP contribution in [0.15, 0.2) is 18.5 Å². The molecule has 11 heteroatoms. The summed E-state index contributed by atoms with van der Waals surface area (Å²) in [5, 5.41) is 19.2. The van der Waals surface area contributed by atoms with Crippen LogP contribution in [0.5, 0.6) is 6.01 Å². The zero-order chi connectivity index (χ0) is 28.5. The van der Waals surface area contributed by atoms with Crippen molar-refractivity contribution < 1.29 is 18.6 Å². The molecule has 3 aliphatic rings. The zero-order valence-electron chi connectivity index (χ0n) is 23.7. The molecule has 3 aromatic heterocycles. The average molecular weight is 564 g/mol. The van der Waals surface area contributed by atoms with Crippen LogP contribution in [0.1, 0.15) is 50.2 Å². The molecular formula is C30H35F2N7O2. The molecule has 0 bridgehead atoms. The van der Waals surface area contributed by atoms with Gasteiger partial charge in [-0.3, -0.25) is 15.0 Å². The highest BCUT2D eigenvalue weighted by Gasteiger charge is 2.49. The number of halogens is 2. The highest BCUT2D eigenvalue weighted by atomic mass is 19.1. The fourth-order valence-electron chi connectivity index (χ4n) is 7.18. The summed E-state index contributed by atoms with van der Waals surface area (Å²) in [6, 6.07) is 2.04. The first kappa shape index (κ1) is 26.5. The van der Waals surface area contributed by atoms with Crippen molar-refractivity contribution in [2.75, 3.05) is 37.7 Å². The number of anilines is 1. The summed E-state index contributed by atoms with van der Waals surface area (Å²) in [7, 11) is 0. The number of aromatic nitrogens is 5. The number of aromatic amines is 1. The number of aliphatic hydroxyl groups is 1. The number of rotatable bonds is 5. The van der Waals surface area contributed by atoms with Crippen LogP contribution >= 0.6 is 0 Å². The molecule has 6 heterocycles. The lowest BCUT2D eigenvalue weighted by atomic mass is 9.94. The van der Waals surface area contributed by atoms with E-state index in [2.05, 4.69) is 25.1 Å². The predicted molar refractivity (Wildman–Crippen MR) is 152 cm³/mol. The molecule has 9 nitrogen and oxygen atoms in total. The molecule has 4 aromatic rings. The third-order valence-electron chi connectivity index (χ3n) is 9.35. The molecule has 41 heavy (non-hydrogen) atoms. The minimum absolute atomic E-state index is 0.0479. The second-order valence-electron chi connectivity index (χ2n) is 12.4. The number of piperidine rings is 1. The van der Waals surface area contributed by atoms with E-state index < -0.39 is 17.6 Å². The maximum Gasteiger partial charge on any atom is 0.319 e. The van der Waals surface area contributed by atoms with Gasteiger partial charge in [-0.2, -0.15) is 15.1 Å². The summed E-state index contributed by atoms with van der Waals surface area (Å²) >= 11 is 0. The number of hydrogen-bond acceptors (Lipinski definition) is 8.